The molecule has 0 bridgehead atoms. The zero-order chi connectivity index (χ0) is 12.4. The molecule has 0 radical (unpaired) electrons. The van der Waals surface area contributed by atoms with Crippen molar-refractivity contribution >= 4 is 11.2 Å². The van der Waals surface area contributed by atoms with Gasteiger partial charge in [0.2, 0.25) is 0 Å². The highest BCUT2D eigenvalue weighted by atomic mass is 16.5. The second-order valence-corrected chi connectivity index (χ2v) is 4.58. The van der Waals surface area contributed by atoms with E-state index in [4.69, 9.17) is 4.74 Å². The summed E-state index contributed by atoms with van der Waals surface area (Å²) in [6.45, 7) is 2.25. The van der Waals surface area contributed by atoms with Crippen LogP contribution in [-0.2, 0) is 11.3 Å². The van der Waals surface area contributed by atoms with Gasteiger partial charge in [-0.15, -0.1) is 0 Å². The fourth-order valence-electron chi connectivity index (χ4n) is 2.56. The van der Waals surface area contributed by atoms with Crippen LogP contribution < -0.4 is 0 Å². The molecule has 1 fully saturated rings. The lowest BCUT2D eigenvalue weighted by atomic mass is 9.99. The summed E-state index contributed by atoms with van der Waals surface area (Å²) in [7, 11) is 0. The molecule has 18 heavy (non-hydrogen) atoms. The third kappa shape index (κ3) is 2.00. The van der Waals surface area contributed by atoms with E-state index >= 15 is 0 Å². The molecule has 0 spiro atoms. The molecule has 0 aromatic carbocycles. The van der Waals surface area contributed by atoms with Gasteiger partial charge >= 0.3 is 0 Å². The van der Waals surface area contributed by atoms with E-state index in [1.807, 2.05) is 16.7 Å². The summed E-state index contributed by atoms with van der Waals surface area (Å²) in [6, 6.07) is 3.87. The van der Waals surface area contributed by atoms with Crippen LogP contribution in [0.25, 0.3) is 11.2 Å². The second kappa shape index (κ2) is 5.04. The molecule has 0 unspecified atom stereocenters. The molecule has 0 aliphatic carbocycles. The van der Waals surface area contributed by atoms with Gasteiger partial charge in [-0.2, -0.15) is 0 Å². The molecule has 1 aliphatic rings. The normalized spacial score (nSPS) is 17.4. The van der Waals surface area contributed by atoms with Gasteiger partial charge in [0.15, 0.2) is 5.65 Å². The minimum Gasteiger partial charge on any atom is -0.395 e. The summed E-state index contributed by atoms with van der Waals surface area (Å²) in [5.41, 5.74) is 1.78. The Labute approximate surface area is 105 Å². The van der Waals surface area contributed by atoms with Crippen molar-refractivity contribution in [2.45, 2.75) is 25.3 Å². The Morgan fingerprint density at radius 2 is 2.22 bits per heavy atom. The first-order valence-electron chi connectivity index (χ1n) is 6.40. The van der Waals surface area contributed by atoms with Crippen molar-refractivity contribution in [1.29, 1.82) is 0 Å². The number of rotatable bonds is 3. The van der Waals surface area contributed by atoms with Crippen LogP contribution in [0.15, 0.2) is 18.3 Å². The smallest absolute Gasteiger partial charge is 0.160 e. The Hall–Kier alpha value is -1.46. The summed E-state index contributed by atoms with van der Waals surface area (Å²) in [4.78, 5) is 9.06. The van der Waals surface area contributed by atoms with Crippen molar-refractivity contribution in [3.63, 3.8) is 0 Å². The Bertz CT molecular complexity index is 532. The van der Waals surface area contributed by atoms with Crippen LogP contribution in [0.1, 0.15) is 24.6 Å². The maximum atomic E-state index is 9.22. The van der Waals surface area contributed by atoms with E-state index in [0.717, 1.165) is 43.0 Å². The van der Waals surface area contributed by atoms with Crippen LogP contribution >= 0.6 is 0 Å². The van der Waals surface area contributed by atoms with Crippen molar-refractivity contribution < 1.29 is 9.84 Å². The van der Waals surface area contributed by atoms with Gasteiger partial charge < -0.3 is 14.4 Å². The molecule has 1 N–H and O–H groups in total. The predicted octanol–water partition coefficient (Wildman–Crippen LogP) is 1.32. The Kier molecular flexibility index (Phi) is 3.25. The molecule has 3 heterocycles. The number of aliphatic hydroxyl groups excluding tert-OH is 1. The van der Waals surface area contributed by atoms with Crippen LogP contribution in [0, 0.1) is 0 Å². The van der Waals surface area contributed by atoms with Gasteiger partial charge in [-0.3, -0.25) is 0 Å². The highest BCUT2D eigenvalue weighted by Gasteiger charge is 2.22. The molecule has 0 amide bonds. The average Bonchev–Trinajstić information content (AvgIpc) is 2.80. The lowest BCUT2D eigenvalue weighted by Gasteiger charge is -2.22. The molecular weight excluding hydrogens is 230 g/mol. The quantitative estimate of drug-likeness (QED) is 0.888. The van der Waals surface area contributed by atoms with E-state index in [1.54, 1.807) is 6.20 Å². The molecule has 0 atom stereocenters. The number of fused-ring (bicyclic) bond motifs is 1. The van der Waals surface area contributed by atoms with Crippen molar-refractivity contribution in [3.05, 3.63) is 24.2 Å². The first kappa shape index (κ1) is 11.6. The van der Waals surface area contributed by atoms with Gasteiger partial charge in [-0.1, -0.05) is 0 Å². The van der Waals surface area contributed by atoms with E-state index in [1.165, 1.54) is 0 Å². The number of hydrogen-bond acceptors (Lipinski definition) is 4. The number of aliphatic hydroxyl groups is 1. The molecule has 1 saturated heterocycles. The van der Waals surface area contributed by atoms with E-state index in [9.17, 15) is 5.11 Å². The second-order valence-electron chi connectivity index (χ2n) is 4.58. The largest absolute Gasteiger partial charge is 0.395 e. The zero-order valence-electron chi connectivity index (χ0n) is 10.2. The third-order valence-electron chi connectivity index (χ3n) is 3.44. The lowest BCUT2D eigenvalue weighted by molar-refractivity contribution is 0.0827. The SMILES string of the molecule is OCCn1c(C2CCOCC2)nc2cccnc21. The van der Waals surface area contributed by atoms with Crippen molar-refractivity contribution in [1.82, 2.24) is 14.5 Å². The van der Waals surface area contributed by atoms with Gasteiger partial charge in [0.05, 0.1) is 6.61 Å². The van der Waals surface area contributed by atoms with E-state index in [-0.39, 0.29) is 6.61 Å². The molecule has 5 heteroatoms. The zero-order valence-corrected chi connectivity index (χ0v) is 10.2. The van der Waals surface area contributed by atoms with Crippen LogP contribution in [0.2, 0.25) is 0 Å². The number of nitrogens with zero attached hydrogens (tertiary/aromatic N) is 3. The highest BCUT2D eigenvalue weighted by molar-refractivity contribution is 5.71. The van der Waals surface area contributed by atoms with Gasteiger partial charge in [0.1, 0.15) is 11.3 Å². The first-order valence-corrected chi connectivity index (χ1v) is 6.40. The Morgan fingerprint density at radius 3 is 3.00 bits per heavy atom. The van der Waals surface area contributed by atoms with Crippen molar-refractivity contribution in [3.8, 4) is 0 Å². The maximum absolute atomic E-state index is 9.22. The summed E-state index contributed by atoms with van der Waals surface area (Å²) in [6.07, 6.45) is 3.76. The summed E-state index contributed by atoms with van der Waals surface area (Å²) in [5, 5.41) is 9.22. The monoisotopic (exact) mass is 247 g/mol. The van der Waals surface area contributed by atoms with Crippen molar-refractivity contribution in [2.75, 3.05) is 19.8 Å². The number of imidazole rings is 1. The number of pyridine rings is 1. The molecule has 2 aromatic rings. The Morgan fingerprint density at radius 1 is 1.39 bits per heavy atom. The van der Waals surface area contributed by atoms with E-state index in [0.29, 0.717) is 12.5 Å². The van der Waals surface area contributed by atoms with Gasteiger partial charge in [-0.25, -0.2) is 9.97 Å². The number of ether oxygens (including phenoxy) is 1. The lowest BCUT2D eigenvalue weighted by Crippen LogP contribution is -2.19. The molecule has 1 aliphatic heterocycles. The van der Waals surface area contributed by atoms with Gasteiger partial charge in [-0.05, 0) is 25.0 Å². The molecule has 3 rings (SSSR count). The fourth-order valence-corrected chi connectivity index (χ4v) is 2.56. The summed E-state index contributed by atoms with van der Waals surface area (Å²) < 4.78 is 7.44. The van der Waals surface area contributed by atoms with Crippen LogP contribution in [0.3, 0.4) is 0 Å². The molecular formula is C13H17N3O2. The molecule has 5 nitrogen and oxygen atoms in total. The number of aromatic nitrogens is 3. The van der Waals surface area contributed by atoms with Crippen LogP contribution in [0.4, 0.5) is 0 Å². The van der Waals surface area contributed by atoms with Gasteiger partial charge in [0.25, 0.3) is 0 Å². The maximum Gasteiger partial charge on any atom is 0.160 e. The number of hydrogen-bond donors (Lipinski definition) is 1. The van der Waals surface area contributed by atoms with Crippen LogP contribution in [-0.4, -0.2) is 39.5 Å². The standard InChI is InChI=1S/C13H17N3O2/c17-7-6-16-12(10-3-8-18-9-4-10)15-11-2-1-5-14-13(11)16/h1-2,5,10,17H,3-4,6-9H2. The van der Waals surface area contributed by atoms with Crippen molar-refractivity contribution in [2.24, 2.45) is 0 Å². The highest BCUT2D eigenvalue weighted by Crippen LogP contribution is 2.28. The van der Waals surface area contributed by atoms with Crippen LogP contribution in [0.5, 0.6) is 0 Å². The topological polar surface area (TPSA) is 60.2 Å². The molecule has 0 saturated carbocycles. The Balaban J connectivity index is 2.05. The average molecular weight is 247 g/mol. The minimum absolute atomic E-state index is 0.109. The third-order valence-corrected chi connectivity index (χ3v) is 3.44. The minimum atomic E-state index is 0.109. The molecule has 2 aromatic heterocycles. The first-order chi connectivity index (χ1) is 8.90. The summed E-state index contributed by atoms with van der Waals surface area (Å²) in [5.74, 6) is 1.46. The van der Waals surface area contributed by atoms with Gasteiger partial charge in [0, 0.05) is 31.9 Å². The van der Waals surface area contributed by atoms with E-state index < -0.39 is 0 Å². The predicted molar refractivity (Wildman–Crippen MR) is 67.4 cm³/mol. The van der Waals surface area contributed by atoms with E-state index in [2.05, 4.69) is 9.97 Å². The summed E-state index contributed by atoms with van der Waals surface area (Å²) >= 11 is 0. The molecule has 96 valence electrons. The fraction of sp³-hybridized carbons (Fsp3) is 0.538.